The van der Waals surface area contributed by atoms with Crippen molar-refractivity contribution in [1.29, 1.82) is 0 Å². The summed E-state index contributed by atoms with van der Waals surface area (Å²) < 4.78 is 6.07. The molecule has 2 aromatic carbocycles. The number of hydroxylamine groups is 2. The number of methoxy groups -OCH3 is 1. The summed E-state index contributed by atoms with van der Waals surface area (Å²) in [5, 5.41) is 29.4. The van der Waals surface area contributed by atoms with Gasteiger partial charge in [0.25, 0.3) is 5.91 Å². The number of nitrogens with zero attached hydrogens (tertiary/aromatic N) is 3. The van der Waals surface area contributed by atoms with Gasteiger partial charge in [0.15, 0.2) is 0 Å². The number of fused-ring (bicyclic) bond motifs is 2. The van der Waals surface area contributed by atoms with Gasteiger partial charge in [-0.3, -0.25) is 19.3 Å². The van der Waals surface area contributed by atoms with E-state index in [1.54, 1.807) is 19.1 Å². The zero-order valence-electron chi connectivity index (χ0n) is 32.4. The Morgan fingerprint density at radius 2 is 1.94 bits per heavy atom. The van der Waals surface area contributed by atoms with Gasteiger partial charge in [-0.1, -0.05) is 45.9 Å². The predicted octanol–water partition coefficient (Wildman–Crippen LogP) is 4.30. The zero-order chi connectivity index (χ0) is 37.5. The number of para-hydroxylation sites is 1. The SMILES string of the molecule is CCN1CCC[C@@H]1CNC(=O)c1cc(-c2cccc(CN3O[C@@H](CO)[C@@H]([C@H](C)O)[C@H]3C(=O)N[C@H]3C[C@@H]4C[C@H]([C@@H]3C)C4(C)C)c2OC)cc(N(C)C)c1. The summed E-state index contributed by atoms with van der Waals surface area (Å²) in [7, 11) is 5.53. The number of hydrogen-bond acceptors (Lipinski definition) is 9. The van der Waals surface area contributed by atoms with E-state index in [-0.39, 0.29) is 36.4 Å². The van der Waals surface area contributed by atoms with Gasteiger partial charge >= 0.3 is 0 Å². The zero-order valence-corrected chi connectivity index (χ0v) is 32.4. The molecular formula is C41H61N5O6. The van der Waals surface area contributed by atoms with E-state index in [1.165, 1.54) is 6.42 Å². The first-order chi connectivity index (χ1) is 24.8. The minimum absolute atomic E-state index is 0.0472. The second kappa shape index (κ2) is 15.6. The summed E-state index contributed by atoms with van der Waals surface area (Å²) in [6.45, 7) is 13.3. The van der Waals surface area contributed by atoms with Crippen LogP contribution in [0.1, 0.15) is 76.2 Å². The lowest BCUT2D eigenvalue weighted by molar-refractivity contribution is -0.183. The molecule has 11 nitrogen and oxygen atoms in total. The molecule has 11 heteroatoms. The fraction of sp³-hybridized carbons (Fsp3) is 0.659. The van der Waals surface area contributed by atoms with Gasteiger partial charge < -0.3 is 30.5 Å². The molecule has 3 saturated carbocycles. The third-order valence-electron chi connectivity index (χ3n) is 13.1. The maximum absolute atomic E-state index is 14.2. The molecule has 2 aliphatic heterocycles. The molecule has 7 rings (SSSR count). The van der Waals surface area contributed by atoms with Gasteiger partial charge in [0.2, 0.25) is 5.91 Å². The van der Waals surface area contributed by atoms with Gasteiger partial charge in [-0.2, -0.15) is 5.06 Å². The summed E-state index contributed by atoms with van der Waals surface area (Å²) in [5.41, 5.74) is 4.14. The lowest BCUT2D eigenvalue weighted by Gasteiger charge is -2.62. The molecule has 2 aromatic rings. The van der Waals surface area contributed by atoms with Gasteiger partial charge in [0, 0.05) is 61.0 Å². The molecule has 4 N–H and O–H groups in total. The number of carbonyl (C=O) groups excluding carboxylic acids is 2. The summed E-state index contributed by atoms with van der Waals surface area (Å²) in [4.78, 5) is 38.5. The van der Waals surface area contributed by atoms with E-state index < -0.39 is 24.2 Å². The number of nitrogens with one attached hydrogen (secondary N) is 2. The molecule has 0 spiro atoms. The number of anilines is 1. The first kappa shape index (κ1) is 38.5. The van der Waals surface area contributed by atoms with Crippen LogP contribution in [0.25, 0.3) is 11.1 Å². The van der Waals surface area contributed by atoms with Gasteiger partial charge in [-0.25, -0.2) is 0 Å². The van der Waals surface area contributed by atoms with Gasteiger partial charge in [0.05, 0.1) is 26.4 Å². The van der Waals surface area contributed by atoms with Crippen LogP contribution in [-0.4, -0.2) is 110 Å². The maximum Gasteiger partial charge on any atom is 0.251 e. The van der Waals surface area contributed by atoms with E-state index in [2.05, 4.69) is 43.2 Å². The number of likely N-dealkylation sites (N-methyl/N-ethyl adjacent to an activating group) is 1. The van der Waals surface area contributed by atoms with E-state index in [0.717, 1.165) is 54.7 Å². The molecule has 52 heavy (non-hydrogen) atoms. The van der Waals surface area contributed by atoms with E-state index in [9.17, 15) is 19.8 Å². The van der Waals surface area contributed by atoms with Gasteiger partial charge in [-0.15, -0.1) is 0 Å². The Labute approximate surface area is 310 Å². The largest absolute Gasteiger partial charge is 0.496 e. The number of aliphatic hydroxyl groups is 2. The van der Waals surface area contributed by atoms with E-state index in [4.69, 9.17) is 9.57 Å². The molecule has 3 aliphatic carbocycles. The van der Waals surface area contributed by atoms with E-state index in [1.807, 2.05) is 55.4 Å². The van der Waals surface area contributed by atoms with Crippen LogP contribution in [0.15, 0.2) is 36.4 Å². The van der Waals surface area contributed by atoms with Crippen molar-refractivity contribution in [1.82, 2.24) is 20.6 Å². The van der Waals surface area contributed by atoms with Gasteiger partial charge in [-0.05, 0) is 92.6 Å². The molecule has 2 saturated heterocycles. The minimum Gasteiger partial charge on any atom is -0.496 e. The summed E-state index contributed by atoms with van der Waals surface area (Å²) in [6, 6.07) is 11.3. The number of rotatable bonds is 13. The number of likely N-dealkylation sites (tertiary alicyclic amines) is 1. The average molecular weight is 720 g/mol. The molecule has 2 bridgehead atoms. The molecule has 0 aromatic heterocycles. The van der Waals surface area contributed by atoms with Crippen molar-refractivity contribution < 1.29 is 29.4 Å². The lowest BCUT2D eigenvalue weighted by Crippen LogP contribution is -2.62. The molecule has 2 heterocycles. The average Bonchev–Trinajstić information content (AvgIpc) is 3.75. The number of aliphatic hydroxyl groups excluding tert-OH is 2. The van der Waals surface area contributed by atoms with Gasteiger partial charge in [0.1, 0.15) is 17.9 Å². The third kappa shape index (κ3) is 7.31. The molecule has 5 aliphatic rings. The smallest absolute Gasteiger partial charge is 0.251 e. The summed E-state index contributed by atoms with van der Waals surface area (Å²) in [5.74, 6) is 1.15. The Hall–Kier alpha value is -3.22. The summed E-state index contributed by atoms with van der Waals surface area (Å²) in [6.07, 6.45) is 2.75. The first-order valence-corrected chi connectivity index (χ1v) is 19.3. The van der Waals surface area contributed by atoms with Crippen molar-refractivity contribution in [3.05, 3.63) is 47.5 Å². The van der Waals surface area contributed by atoms with Crippen LogP contribution in [0.4, 0.5) is 5.69 Å². The molecule has 0 radical (unpaired) electrons. The van der Waals surface area contributed by atoms with Crippen molar-refractivity contribution in [3.63, 3.8) is 0 Å². The van der Waals surface area contributed by atoms with E-state index >= 15 is 0 Å². The Bertz CT molecular complexity index is 1600. The normalized spacial score (nSPS) is 30.4. The minimum atomic E-state index is -0.890. The van der Waals surface area contributed by atoms with Crippen LogP contribution in [0.2, 0.25) is 0 Å². The highest BCUT2D eigenvalue weighted by Crippen LogP contribution is 2.61. The standard InChI is InChI=1S/C41H61N5O6/c1-9-45-15-11-13-30(45)21-42-39(49)28-16-27(17-31(18-28)44(6)7)32-14-10-12-26(38(32)51-8)22-46-37(36(25(3)48)35(23-47)52-46)40(50)43-34-20-29-19-33(24(34)2)41(29,4)5/h10,12,14,16-18,24-25,29-30,33-37,47-48H,9,11,13,15,19-23H2,1-8H3,(H,42,49)(H,43,50)/t24-,25-,29-,30+,33+,34-,35-,36+,37-/m0/s1. The molecular weight excluding hydrogens is 658 g/mol. The second-order valence-corrected chi connectivity index (χ2v) is 16.5. The predicted molar refractivity (Wildman–Crippen MR) is 203 cm³/mol. The molecule has 286 valence electrons. The monoisotopic (exact) mass is 719 g/mol. The molecule has 2 amide bonds. The van der Waals surface area contributed by atoms with Crippen LogP contribution in [0.3, 0.4) is 0 Å². The Kier molecular flexibility index (Phi) is 11.6. The summed E-state index contributed by atoms with van der Waals surface area (Å²) >= 11 is 0. The topological polar surface area (TPSA) is 127 Å². The van der Waals surface area contributed by atoms with Crippen molar-refractivity contribution in [2.24, 2.45) is 29.1 Å². The Morgan fingerprint density at radius 3 is 2.58 bits per heavy atom. The van der Waals surface area contributed by atoms with Crippen LogP contribution >= 0.6 is 0 Å². The van der Waals surface area contributed by atoms with Crippen LogP contribution in [-0.2, 0) is 16.2 Å². The fourth-order valence-corrected chi connectivity index (χ4v) is 9.84. The number of carbonyl (C=O) groups is 2. The number of hydrogen-bond donors (Lipinski definition) is 4. The highest BCUT2D eigenvalue weighted by atomic mass is 16.7. The Balaban J connectivity index is 1.27. The van der Waals surface area contributed by atoms with Crippen molar-refractivity contribution in [2.45, 2.75) is 97.2 Å². The van der Waals surface area contributed by atoms with Crippen LogP contribution in [0.5, 0.6) is 5.75 Å². The molecule has 0 unspecified atom stereocenters. The van der Waals surface area contributed by atoms with E-state index in [0.29, 0.717) is 41.7 Å². The number of amides is 2. The Morgan fingerprint density at radius 1 is 1.17 bits per heavy atom. The first-order valence-electron chi connectivity index (χ1n) is 19.3. The van der Waals surface area contributed by atoms with Crippen molar-refractivity contribution >= 4 is 17.5 Å². The third-order valence-corrected chi connectivity index (χ3v) is 13.1. The second-order valence-electron chi connectivity index (χ2n) is 16.5. The van der Waals surface area contributed by atoms with Crippen LogP contribution in [0, 0.1) is 29.1 Å². The van der Waals surface area contributed by atoms with Crippen LogP contribution < -0.4 is 20.3 Å². The van der Waals surface area contributed by atoms with Crippen molar-refractivity contribution in [3.8, 4) is 16.9 Å². The quantitative estimate of drug-likeness (QED) is 0.240. The lowest BCUT2D eigenvalue weighted by atomic mass is 9.45. The molecule has 9 atom stereocenters. The highest BCUT2D eigenvalue weighted by molar-refractivity contribution is 5.97. The highest BCUT2D eigenvalue weighted by Gasteiger charge is 2.57. The van der Waals surface area contributed by atoms with Crippen molar-refractivity contribution in [2.75, 3.05) is 52.3 Å². The number of benzene rings is 2. The number of ether oxygens (including phenoxy) is 1. The fourth-order valence-electron chi connectivity index (χ4n) is 9.84. The maximum atomic E-state index is 14.2. The molecule has 5 fully saturated rings.